The molecule has 9 nitrogen and oxygen atoms in total. The molecule has 31 heavy (non-hydrogen) atoms. The summed E-state index contributed by atoms with van der Waals surface area (Å²) >= 11 is 0. The summed E-state index contributed by atoms with van der Waals surface area (Å²) in [6, 6.07) is 0. The number of aliphatic hydroxyl groups is 3. The summed E-state index contributed by atoms with van der Waals surface area (Å²) in [6.07, 6.45) is 11.3. The zero-order valence-corrected chi connectivity index (χ0v) is 18.9. The van der Waals surface area contributed by atoms with Crippen LogP contribution in [0.1, 0.15) is 46.0 Å². The Bertz CT molecular complexity index is 580. The fourth-order valence-electron chi connectivity index (χ4n) is 2.34. The van der Waals surface area contributed by atoms with Crippen molar-refractivity contribution in [1.29, 1.82) is 0 Å². The van der Waals surface area contributed by atoms with Crippen molar-refractivity contribution in [3.8, 4) is 0 Å². The smallest absolute Gasteiger partial charge is 0.328 e. The van der Waals surface area contributed by atoms with E-state index in [1.165, 1.54) is 6.08 Å². The third-order valence-corrected chi connectivity index (χ3v) is 4.45. The van der Waals surface area contributed by atoms with E-state index in [9.17, 15) is 9.59 Å². The first-order chi connectivity index (χ1) is 14.6. The molecule has 0 spiro atoms. The number of aliphatic carboxylic acids is 2. The van der Waals surface area contributed by atoms with Gasteiger partial charge in [-0.05, 0) is 37.1 Å². The van der Waals surface area contributed by atoms with E-state index in [-0.39, 0.29) is 19.1 Å². The molecule has 0 aromatic rings. The fourth-order valence-corrected chi connectivity index (χ4v) is 2.34. The van der Waals surface area contributed by atoms with Gasteiger partial charge in [-0.25, -0.2) is 4.79 Å². The molecule has 0 fully saturated rings. The molecule has 2 unspecified atom stereocenters. The number of carboxylic acids is 2. The van der Waals surface area contributed by atoms with Crippen LogP contribution < -0.4 is 0 Å². The van der Waals surface area contributed by atoms with E-state index in [1.807, 2.05) is 13.0 Å². The minimum atomic E-state index is -0.985. The molecular formula is C22H38O9. The average Bonchev–Trinajstić information content (AvgIpc) is 2.78. The number of allylic oxidation sites excluding steroid dienone is 1. The first-order valence-corrected chi connectivity index (χ1v) is 10.2. The lowest BCUT2D eigenvalue weighted by atomic mass is 9.94. The predicted octanol–water partition coefficient (Wildman–Crippen LogP) is 2.12. The third-order valence-electron chi connectivity index (χ3n) is 4.45. The SMILES string of the molecule is CCCCC(CC)C(=O)O.COC1=CCC(C=CC(=O)O)(OC)C=C1.OCC(O)CO. The topological polar surface area (TPSA) is 154 Å². The van der Waals surface area contributed by atoms with Gasteiger partial charge >= 0.3 is 11.9 Å². The molecule has 0 heterocycles. The minimum absolute atomic E-state index is 0.111. The molecular weight excluding hydrogens is 408 g/mol. The molecule has 1 aliphatic rings. The van der Waals surface area contributed by atoms with Crippen molar-refractivity contribution in [1.82, 2.24) is 0 Å². The highest BCUT2D eigenvalue weighted by molar-refractivity contribution is 5.80. The number of methoxy groups -OCH3 is 2. The number of unbranched alkanes of at least 4 members (excludes halogenated alkanes) is 1. The summed E-state index contributed by atoms with van der Waals surface area (Å²) in [5.74, 6) is -0.983. The molecule has 2 atom stereocenters. The maximum Gasteiger partial charge on any atom is 0.328 e. The van der Waals surface area contributed by atoms with Crippen molar-refractivity contribution in [3.63, 3.8) is 0 Å². The molecule has 1 rings (SSSR count). The Labute approximate surface area is 184 Å². The number of hydrogen-bond acceptors (Lipinski definition) is 7. The summed E-state index contributed by atoms with van der Waals surface area (Å²) in [6.45, 7) is 3.27. The molecule has 9 heteroatoms. The summed E-state index contributed by atoms with van der Waals surface area (Å²) in [5, 5.41) is 41.2. The van der Waals surface area contributed by atoms with Crippen molar-refractivity contribution < 1.29 is 44.6 Å². The molecule has 1 aliphatic carbocycles. The average molecular weight is 447 g/mol. The Balaban J connectivity index is 0. The summed E-state index contributed by atoms with van der Waals surface area (Å²) in [5.41, 5.74) is -0.666. The van der Waals surface area contributed by atoms with E-state index in [0.717, 1.165) is 37.5 Å². The molecule has 0 aromatic carbocycles. The molecule has 180 valence electrons. The Morgan fingerprint density at radius 3 is 2.10 bits per heavy atom. The molecule has 0 radical (unpaired) electrons. The molecule has 5 N–H and O–H groups in total. The number of hydrogen-bond donors (Lipinski definition) is 5. The second-order valence-corrected chi connectivity index (χ2v) is 6.78. The van der Waals surface area contributed by atoms with Crippen molar-refractivity contribution in [3.05, 3.63) is 36.1 Å². The highest BCUT2D eigenvalue weighted by Gasteiger charge is 2.25. The normalized spacial score (nSPS) is 18.4. The number of rotatable bonds is 11. The van der Waals surface area contributed by atoms with E-state index >= 15 is 0 Å². The van der Waals surface area contributed by atoms with Crippen molar-refractivity contribution in [2.24, 2.45) is 5.92 Å². The Morgan fingerprint density at radius 1 is 1.19 bits per heavy atom. The van der Waals surface area contributed by atoms with Gasteiger partial charge in [0.25, 0.3) is 0 Å². The first kappa shape index (κ1) is 31.0. The fraction of sp³-hybridized carbons (Fsp3) is 0.636. The van der Waals surface area contributed by atoms with Crippen LogP contribution in [0, 0.1) is 5.92 Å². The van der Waals surface area contributed by atoms with E-state index in [1.54, 1.807) is 26.4 Å². The van der Waals surface area contributed by atoms with Gasteiger partial charge in [-0.1, -0.05) is 26.7 Å². The lowest BCUT2D eigenvalue weighted by molar-refractivity contribution is -0.142. The zero-order valence-electron chi connectivity index (χ0n) is 18.9. The largest absolute Gasteiger partial charge is 0.497 e. The third kappa shape index (κ3) is 15.3. The molecule has 0 aliphatic heterocycles. The van der Waals surface area contributed by atoms with E-state index in [0.29, 0.717) is 6.42 Å². The van der Waals surface area contributed by atoms with E-state index < -0.39 is 23.6 Å². The molecule has 0 aromatic heterocycles. The maximum atomic E-state index is 10.4. The van der Waals surface area contributed by atoms with Gasteiger partial charge < -0.3 is 35.0 Å². The Morgan fingerprint density at radius 2 is 1.81 bits per heavy atom. The highest BCUT2D eigenvalue weighted by atomic mass is 16.5. The van der Waals surface area contributed by atoms with Crippen LogP contribution in [0.15, 0.2) is 36.1 Å². The number of carbonyl (C=O) groups is 2. The lowest BCUT2D eigenvalue weighted by Crippen LogP contribution is -2.27. The van der Waals surface area contributed by atoms with Crippen molar-refractivity contribution >= 4 is 11.9 Å². The number of aliphatic hydroxyl groups excluding tert-OH is 3. The van der Waals surface area contributed by atoms with Gasteiger partial charge in [0.05, 0.1) is 26.2 Å². The van der Waals surface area contributed by atoms with Crippen LogP contribution in [0.25, 0.3) is 0 Å². The van der Waals surface area contributed by atoms with Crippen LogP contribution in [0.2, 0.25) is 0 Å². The Hall–Kier alpha value is -2.20. The molecule has 0 saturated heterocycles. The minimum Gasteiger partial charge on any atom is -0.497 e. The van der Waals surface area contributed by atoms with E-state index in [4.69, 9.17) is 35.0 Å². The second kappa shape index (κ2) is 18.6. The van der Waals surface area contributed by atoms with Gasteiger partial charge in [0.1, 0.15) is 17.5 Å². The summed E-state index contributed by atoms with van der Waals surface area (Å²) < 4.78 is 10.3. The molecule has 0 bridgehead atoms. The molecule has 0 amide bonds. The van der Waals surface area contributed by atoms with Gasteiger partial charge in [0.2, 0.25) is 0 Å². The highest BCUT2D eigenvalue weighted by Crippen LogP contribution is 2.26. The summed E-state index contributed by atoms with van der Waals surface area (Å²) in [7, 11) is 3.13. The number of ether oxygens (including phenoxy) is 2. The van der Waals surface area contributed by atoms with Crippen molar-refractivity contribution in [2.45, 2.75) is 57.7 Å². The predicted molar refractivity (Wildman–Crippen MR) is 116 cm³/mol. The maximum absolute atomic E-state index is 10.4. The first-order valence-electron chi connectivity index (χ1n) is 10.2. The van der Waals surface area contributed by atoms with Gasteiger partial charge in [-0.2, -0.15) is 0 Å². The second-order valence-electron chi connectivity index (χ2n) is 6.78. The van der Waals surface area contributed by atoms with Crippen LogP contribution in [0.4, 0.5) is 0 Å². The standard InChI is InChI=1S/C11H14O4.C8H16O2.C3H8O3/c1-14-9-3-6-11(15-2,7-4-9)8-5-10(12)13;1-3-5-6-7(4-2)8(9)10;4-1-3(6)2-5/h3-6,8H,7H2,1-2H3,(H,12,13);7H,3-6H2,1-2H3,(H,9,10);3-6H,1-2H2. The van der Waals surface area contributed by atoms with Crippen LogP contribution in [-0.4, -0.2) is 76.6 Å². The van der Waals surface area contributed by atoms with Crippen molar-refractivity contribution in [2.75, 3.05) is 27.4 Å². The van der Waals surface area contributed by atoms with Crippen LogP contribution in [0.3, 0.4) is 0 Å². The van der Waals surface area contributed by atoms with E-state index in [2.05, 4.69) is 6.92 Å². The van der Waals surface area contributed by atoms with Gasteiger partial charge in [0, 0.05) is 19.6 Å². The van der Waals surface area contributed by atoms with Crippen LogP contribution in [-0.2, 0) is 19.1 Å². The monoisotopic (exact) mass is 446 g/mol. The van der Waals surface area contributed by atoms with Gasteiger partial charge in [0.15, 0.2) is 0 Å². The van der Waals surface area contributed by atoms with Crippen LogP contribution in [0.5, 0.6) is 0 Å². The van der Waals surface area contributed by atoms with Gasteiger partial charge in [-0.3, -0.25) is 4.79 Å². The molecule has 0 saturated carbocycles. The Kier molecular flexibility index (Phi) is 18.6. The zero-order chi connectivity index (χ0) is 24.3. The van der Waals surface area contributed by atoms with Gasteiger partial charge in [-0.15, -0.1) is 0 Å². The quantitative estimate of drug-likeness (QED) is 0.300. The van der Waals surface area contributed by atoms with Crippen LogP contribution >= 0.6 is 0 Å². The lowest BCUT2D eigenvalue weighted by Gasteiger charge is -2.27. The number of carboxylic acid groups (broad SMARTS) is 2. The summed E-state index contributed by atoms with van der Waals surface area (Å²) in [4.78, 5) is 20.9.